The lowest BCUT2D eigenvalue weighted by atomic mass is 10.2. The highest BCUT2D eigenvalue weighted by atomic mass is 33.1. The zero-order valence-corrected chi connectivity index (χ0v) is 11.0. The van der Waals surface area contributed by atoms with Crippen LogP contribution >= 0.6 is 33.8 Å². The highest BCUT2D eigenvalue weighted by molar-refractivity contribution is 8.80. The van der Waals surface area contributed by atoms with Crippen LogP contribution in [-0.4, -0.2) is 22.0 Å². The van der Waals surface area contributed by atoms with Gasteiger partial charge in [0, 0.05) is 5.56 Å². The van der Waals surface area contributed by atoms with E-state index in [0.29, 0.717) is 15.3 Å². The third kappa shape index (κ3) is 2.79. The van der Waals surface area contributed by atoms with Crippen LogP contribution in [0, 0.1) is 5.41 Å². The van der Waals surface area contributed by atoms with E-state index < -0.39 is 0 Å². The van der Waals surface area contributed by atoms with E-state index in [9.17, 15) is 4.79 Å². The van der Waals surface area contributed by atoms with Gasteiger partial charge in [0.05, 0.1) is 9.77 Å². The van der Waals surface area contributed by atoms with Crippen LogP contribution in [0.2, 0.25) is 0 Å². The molecule has 1 unspecified atom stereocenters. The lowest BCUT2D eigenvalue weighted by Crippen LogP contribution is -2.35. The molecule has 1 atom stereocenters. The van der Waals surface area contributed by atoms with Gasteiger partial charge in [-0.25, -0.2) is 0 Å². The average Bonchev–Trinajstić information content (AvgIpc) is 2.71. The Morgan fingerprint density at radius 3 is 2.71 bits per heavy atom. The third-order valence-corrected chi connectivity index (χ3v) is 5.32. The molecule has 0 saturated carbocycles. The summed E-state index contributed by atoms with van der Waals surface area (Å²) >= 11 is 5.15. The maximum Gasteiger partial charge on any atom is 0.252 e. The number of nitrogens with one attached hydrogen (secondary N) is 2. The van der Waals surface area contributed by atoms with Gasteiger partial charge in [0.25, 0.3) is 5.91 Å². The maximum atomic E-state index is 11.9. The summed E-state index contributed by atoms with van der Waals surface area (Å²) in [5.74, 6) is 2.12. The van der Waals surface area contributed by atoms with Gasteiger partial charge in [0.2, 0.25) is 0 Å². The molecule has 1 aliphatic rings. The fraction of sp³-hybridized carbons (Fsp3) is 0.0909. The first-order valence-electron chi connectivity index (χ1n) is 4.75. The van der Waals surface area contributed by atoms with Crippen molar-refractivity contribution in [3.05, 3.63) is 40.8 Å². The van der Waals surface area contributed by atoms with Crippen molar-refractivity contribution in [1.29, 1.82) is 5.41 Å². The van der Waals surface area contributed by atoms with Gasteiger partial charge in [0.1, 0.15) is 5.37 Å². The number of hydrogen-bond acceptors (Lipinski definition) is 5. The van der Waals surface area contributed by atoms with E-state index in [1.54, 1.807) is 12.1 Å². The highest BCUT2D eigenvalue weighted by Gasteiger charge is 2.29. The Labute approximate surface area is 112 Å². The molecule has 1 aromatic rings. The van der Waals surface area contributed by atoms with Crippen LogP contribution in [0.15, 0.2) is 35.2 Å². The van der Waals surface area contributed by atoms with Crippen LogP contribution in [0.4, 0.5) is 0 Å². The van der Waals surface area contributed by atoms with E-state index >= 15 is 0 Å². The molecule has 6 heteroatoms. The molecule has 2 rings (SSSR count). The standard InChI is InChI=1S/C11H8N2OS3/c12-6-8-9(15)11(17-16-8)13-10(14)7-4-2-1-3-5-7/h1-5,11-12H,(H,13,14). The van der Waals surface area contributed by atoms with Gasteiger partial charge in [0.15, 0.2) is 0 Å². The normalized spacial score (nSPS) is 18.9. The Bertz CT molecular complexity index is 509. The summed E-state index contributed by atoms with van der Waals surface area (Å²) in [7, 11) is 2.80. The summed E-state index contributed by atoms with van der Waals surface area (Å²) in [6.45, 7) is 0. The van der Waals surface area contributed by atoms with Gasteiger partial charge >= 0.3 is 0 Å². The molecule has 0 spiro atoms. The van der Waals surface area contributed by atoms with Crippen molar-refractivity contribution in [3.63, 3.8) is 0 Å². The minimum Gasteiger partial charge on any atom is -0.334 e. The molecule has 0 bridgehead atoms. The Morgan fingerprint density at radius 1 is 1.41 bits per heavy atom. The minimum atomic E-state index is -0.254. The molecular weight excluding hydrogens is 272 g/mol. The van der Waals surface area contributed by atoms with Crippen LogP contribution in [0.5, 0.6) is 0 Å². The molecular formula is C11H8N2OS3. The Hall–Kier alpha value is -1.07. The van der Waals surface area contributed by atoms with Crippen molar-refractivity contribution in [3.8, 4) is 0 Å². The van der Waals surface area contributed by atoms with E-state index in [0.717, 1.165) is 0 Å². The van der Waals surface area contributed by atoms with E-state index in [2.05, 4.69) is 11.2 Å². The number of carbonyl (C=O) groups is 1. The molecule has 0 radical (unpaired) electrons. The monoisotopic (exact) mass is 280 g/mol. The average molecular weight is 280 g/mol. The molecule has 1 saturated heterocycles. The quantitative estimate of drug-likeness (QED) is 0.378. The lowest BCUT2D eigenvalue weighted by Gasteiger charge is -2.10. The van der Waals surface area contributed by atoms with E-state index in [4.69, 9.17) is 17.6 Å². The van der Waals surface area contributed by atoms with Crippen molar-refractivity contribution in [1.82, 2.24) is 5.32 Å². The molecule has 3 nitrogen and oxygen atoms in total. The number of hydrogen-bond donors (Lipinski definition) is 2. The summed E-state index contributed by atoms with van der Waals surface area (Å²) in [5.41, 5.74) is 0.605. The molecule has 1 aromatic carbocycles. The Balaban J connectivity index is 2.06. The second-order valence-electron chi connectivity index (χ2n) is 3.22. The molecule has 86 valence electrons. The Kier molecular flexibility index (Phi) is 4.02. The molecule has 1 fully saturated rings. The fourth-order valence-corrected chi connectivity index (χ4v) is 4.26. The number of benzene rings is 1. The van der Waals surface area contributed by atoms with Crippen molar-refractivity contribution >= 4 is 50.4 Å². The lowest BCUT2D eigenvalue weighted by molar-refractivity contribution is 0.0956. The largest absolute Gasteiger partial charge is 0.334 e. The SMILES string of the molecule is N=C=C1SSC(NC(=O)c2ccccc2)C1=S. The second-order valence-corrected chi connectivity index (χ2v) is 5.97. The van der Waals surface area contributed by atoms with Crippen LogP contribution < -0.4 is 5.32 Å². The van der Waals surface area contributed by atoms with Crippen molar-refractivity contribution in [2.24, 2.45) is 0 Å². The summed E-state index contributed by atoms with van der Waals surface area (Å²) in [6.07, 6.45) is 0. The maximum absolute atomic E-state index is 11.9. The molecule has 0 aliphatic carbocycles. The molecule has 1 amide bonds. The zero-order chi connectivity index (χ0) is 12.3. The smallest absolute Gasteiger partial charge is 0.252 e. The first-order valence-corrected chi connectivity index (χ1v) is 7.37. The van der Waals surface area contributed by atoms with Gasteiger partial charge in [-0.1, -0.05) is 41.2 Å². The number of amides is 1. The Morgan fingerprint density at radius 2 is 2.12 bits per heavy atom. The molecule has 0 aromatic heterocycles. The van der Waals surface area contributed by atoms with Gasteiger partial charge in [-0.15, -0.1) is 0 Å². The van der Waals surface area contributed by atoms with Crippen LogP contribution in [0.3, 0.4) is 0 Å². The van der Waals surface area contributed by atoms with Crippen LogP contribution in [-0.2, 0) is 0 Å². The molecule has 1 aliphatic heterocycles. The fourth-order valence-electron chi connectivity index (χ4n) is 1.26. The van der Waals surface area contributed by atoms with E-state index in [-0.39, 0.29) is 11.3 Å². The number of carbonyl (C=O) groups excluding carboxylic acids is 1. The minimum absolute atomic E-state index is 0.155. The second kappa shape index (κ2) is 5.51. The predicted octanol–water partition coefficient (Wildman–Crippen LogP) is 2.64. The summed E-state index contributed by atoms with van der Waals surface area (Å²) in [4.78, 5) is 13.1. The van der Waals surface area contributed by atoms with Crippen molar-refractivity contribution in [2.75, 3.05) is 0 Å². The van der Waals surface area contributed by atoms with Crippen molar-refractivity contribution in [2.45, 2.75) is 5.37 Å². The third-order valence-electron chi connectivity index (χ3n) is 2.10. The molecule has 17 heavy (non-hydrogen) atoms. The molecule has 2 N–H and O–H groups in total. The number of thiocarbonyl (C=S) groups is 1. The topological polar surface area (TPSA) is 53.0 Å². The molecule has 1 heterocycles. The van der Waals surface area contributed by atoms with E-state index in [1.165, 1.54) is 21.6 Å². The first-order chi connectivity index (χ1) is 8.22. The van der Waals surface area contributed by atoms with Gasteiger partial charge in [-0.3, -0.25) is 10.2 Å². The van der Waals surface area contributed by atoms with E-state index in [1.807, 2.05) is 18.2 Å². The first kappa shape index (κ1) is 12.4. The van der Waals surface area contributed by atoms with Gasteiger partial charge in [-0.2, -0.15) is 0 Å². The summed E-state index contributed by atoms with van der Waals surface area (Å²) in [6, 6.07) is 8.98. The predicted molar refractivity (Wildman–Crippen MR) is 76.7 cm³/mol. The van der Waals surface area contributed by atoms with Crippen LogP contribution in [0.1, 0.15) is 10.4 Å². The van der Waals surface area contributed by atoms with Gasteiger partial charge < -0.3 is 5.32 Å². The summed E-state index contributed by atoms with van der Waals surface area (Å²) in [5, 5.41) is 9.62. The van der Waals surface area contributed by atoms with Crippen molar-refractivity contribution < 1.29 is 4.79 Å². The highest BCUT2D eigenvalue weighted by Crippen LogP contribution is 2.42. The zero-order valence-electron chi connectivity index (χ0n) is 8.60. The van der Waals surface area contributed by atoms with Crippen LogP contribution in [0.25, 0.3) is 0 Å². The number of rotatable bonds is 2. The van der Waals surface area contributed by atoms with Gasteiger partial charge in [-0.05, 0) is 28.8 Å². The summed E-state index contributed by atoms with van der Waals surface area (Å²) < 4.78 is 0.